The molecule has 0 bridgehead atoms. The highest BCUT2D eigenvalue weighted by atomic mass is 19.1. The lowest BCUT2D eigenvalue weighted by molar-refractivity contribution is 0.112. The Hall–Kier alpha value is -2.55. The van der Waals surface area contributed by atoms with E-state index in [0.29, 0.717) is 23.1 Å². The van der Waals surface area contributed by atoms with Crippen LogP contribution < -0.4 is 0 Å². The molecular weight excluding hydrogens is 241 g/mol. The number of fused-ring (bicyclic) bond motifs is 1. The molecule has 0 aliphatic heterocycles. The number of hydrogen-bond acceptors (Lipinski definition) is 2. The molecule has 0 spiro atoms. The van der Waals surface area contributed by atoms with E-state index in [-0.39, 0.29) is 0 Å². The number of carbonyl (C=O) groups is 1. The first-order chi connectivity index (χ1) is 9.28. The highest BCUT2D eigenvalue weighted by Crippen LogP contribution is 2.24. The predicted molar refractivity (Wildman–Crippen MR) is 72.5 cm³/mol. The summed E-state index contributed by atoms with van der Waals surface area (Å²) in [5.74, 6) is -0.424. The van der Waals surface area contributed by atoms with Gasteiger partial charge in [0, 0.05) is 16.5 Å². The Bertz CT molecular complexity index is 768. The largest absolute Gasteiger partial charge is 0.298 e. The summed E-state index contributed by atoms with van der Waals surface area (Å²) >= 11 is 0. The van der Waals surface area contributed by atoms with E-state index in [1.54, 1.807) is 6.07 Å². The van der Waals surface area contributed by atoms with Crippen LogP contribution in [-0.2, 0) is 0 Å². The third-order valence-corrected chi connectivity index (χ3v) is 3.01. The number of aldehydes is 1. The second-order valence-electron chi connectivity index (χ2n) is 4.24. The molecule has 92 valence electrons. The summed E-state index contributed by atoms with van der Waals surface area (Å²) < 4.78 is 13.1. The van der Waals surface area contributed by atoms with Gasteiger partial charge < -0.3 is 0 Å². The van der Waals surface area contributed by atoms with Gasteiger partial charge in [0.15, 0.2) is 6.29 Å². The lowest BCUT2D eigenvalue weighted by Gasteiger charge is -2.06. The van der Waals surface area contributed by atoms with Crippen molar-refractivity contribution in [3.8, 4) is 11.3 Å². The summed E-state index contributed by atoms with van der Waals surface area (Å²) in [7, 11) is 0. The monoisotopic (exact) mass is 251 g/mol. The first-order valence-corrected chi connectivity index (χ1v) is 5.89. The van der Waals surface area contributed by atoms with Crippen molar-refractivity contribution < 1.29 is 9.18 Å². The van der Waals surface area contributed by atoms with Crippen molar-refractivity contribution in [2.24, 2.45) is 0 Å². The normalized spacial score (nSPS) is 10.6. The molecule has 0 saturated carbocycles. The van der Waals surface area contributed by atoms with E-state index < -0.39 is 5.82 Å². The summed E-state index contributed by atoms with van der Waals surface area (Å²) in [6.07, 6.45) is 0.648. The van der Waals surface area contributed by atoms with Gasteiger partial charge in [0.05, 0.1) is 11.2 Å². The molecule has 0 aliphatic carbocycles. The van der Waals surface area contributed by atoms with Gasteiger partial charge in [-0.2, -0.15) is 0 Å². The summed E-state index contributed by atoms with van der Waals surface area (Å²) in [5, 5.41) is 1.03. The number of halogens is 1. The average Bonchev–Trinajstić information content (AvgIpc) is 2.46. The van der Waals surface area contributed by atoms with Crippen LogP contribution in [0.15, 0.2) is 54.6 Å². The lowest BCUT2D eigenvalue weighted by atomic mass is 10.0. The molecule has 3 heteroatoms. The van der Waals surface area contributed by atoms with Crippen LogP contribution in [0.25, 0.3) is 22.2 Å². The van der Waals surface area contributed by atoms with Crippen molar-refractivity contribution in [1.29, 1.82) is 0 Å². The van der Waals surface area contributed by atoms with Crippen molar-refractivity contribution in [1.82, 2.24) is 4.98 Å². The number of hydrogen-bond donors (Lipinski definition) is 0. The van der Waals surface area contributed by atoms with E-state index >= 15 is 0 Å². The van der Waals surface area contributed by atoms with Crippen LogP contribution in [0, 0.1) is 5.82 Å². The summed E-state index contributed by atoms with van der Waals surface area (Å²) in [6.45, 7) is 0. The molecule has 0 saturated heterocycles. The van der Waals surface area contributed by atoms with Crippen LogP contribution in [0.2, 0.25) is 0 Å². The number of pyridine rings is 1. The molecule has 0 aliphatic rings. The third kappa shape index (κ3) is 2.10. The molecule has 1 heterocycles. The summed E-state index contributed by atoms with van der Waals surface area (Å²) in [6, 6.07) is 15.6. The Morgan fingerprint density at radius 3 is 2.68 bits per heavy atom. The van der Waals surface area contributed by atoms with Crippen molar-refractivity contribution in [3.05, 3.63) is 66.0 Å². The molecule has 2 nitrogen and oxygen atoms in total. The fourth-order valence-corrected chi connectivity index (χ4v) is 2.08. The highest BCUT2D eigenvalue weighted by molar-refractivity contribution is 5.88. The van der Waals surface area contributed by atoms with Crippen LogP contribution >= 0.6 is 0 Å². The first-order valence-electron chi connectivity index (χ1n) is 5.89. The molecule has 2 aromatic carbocycles. The van der Waals surface area contributed by atoms with Gasteiger partial charge in [-0.15, -0.1) is 0 Å². The smallest absolute Gasteiger partial charge is 0.150 e. The molecule has 0 N–H and O–H groups in total. The number of para-hydroxylation sites is 1. The molecule has 1 aromatic heterocycles. The minimum atomic E-state index is -0.424. The second kappa shape index (κ2) is 4.61. The summed E-state index contributed by atoms with van der Waals surface area (Å²) in [5.41, 5.74) is 2.46. The molecule has 0 fully saturated rings. The number of rotatable bonds is 2. The third-order valence-electron chi connectivity index (χ3n) is 3.01. The Morgan fingerprint density at radius 1 is 1.00 bits per heavy atom. The Morgan fingerprint density at radius 2 is 1.84 bits per heavy atom. The van der Waals surface area contributed by atoms with E-state index in [1.807, 2.05) is 36.4 Å². The fraction of sp³-hybridized carbons (Fsp3) is 0. The molecule has 0 amide bonds. The van der Waals surface area contributed by atoms with Crippen molar-refractivity contribution >= 4 is 17.2 Å². The minimum Gasteiger partial charge on any atom is -0.298 e. The maximum atomic E-state index is 13.1. The van der Waals surface area contributed by atoms with E-state index in [1.165, 1.54) is 12.1 Å². The van der Waals surface area contributed by atoms with E-state index in [9.17, 15) is 9.18 Å². The molecular formula is C16H10FNO. The standard InChI is InChI=1S/C16H10FNO/c17-13-6-7-14(12(9-13)10-19)16-8-5-11-3-1-2-4-15(11)18-16/h1-10H. The van der Waals surface area contributed by atoms with Crippen LogP contribution in [-0.4, -0.2) is 11.3 Å². The Balaban J connectivity index is 2.21. The first kappa shape index (κ1) is 11.5. The SMILES string of the molecule is O=Cc1cc(F)ccc1-c1ccc2ccccc2n1. The maximum Gasteiger partial charge on any atom is 0.150 e. The van der Waals surface area contributed by atoms with E-state index in [0.717, 1.165) is 10.9 Å². The number of benzene rings is 2. The molecule has 0 unspecified atom stereocenters. The van der Waals surface area contributed by atoms with Crippen LogP contribution in [0.1, 0.15) is 10.4 Å². The van der Waals surface area contributed by atoms with Gasteiger partial charge in [0.25, 0.3) is 0 Å². The van der Waals surface area contributed by atoms with Gasteiger partial charge in [-0.1, -0.05) is 24.3 Å². The minimum absolute atomic E-state index is 0.308. The molecule has 0 atom stereocenters. The van der Waals surface area contributed by atoms with Gasteiger partial charge in [-0.3, -0.25) is 4.79 Å². The average molecular weight is 251 g/mol. The highest BCUT2D eigenvalue weighted by Gasteiger charge is 2.07. The number of aromatic nitrogens is 1. The van der Waals surface area contributed by atoms with Crippen molar-refractivity contribution in [2.45, 2.75) is 0 Å². The summed E-state index contributed by atoms with van der Waals surface area (Å²) in [4.78, 5) is 15.5. The number of nitrogens with zero attached hydrogens (tertiary/aromatic N) is 1. The van der Waals surface area contributed by atoms with Gasteiger partial charge in [-0.25, -0.2) is 9.37 Å². The second-order valence-corrected chi connectivity index (χ2v) is 4.24. The van der Waals surface area contributed by atoms with Gasteiger partial charge >= 0.3 is 0 Å². The zero-order chi connectivity index (χ0) is 13.2. The van der Waals surface area contributed by atoms with Crippen LogP contribution in [0.4, 0.5) is 4.39 Å². The zero-order valence-electron chi connectivity index (χ0n) is 10.0. The molecule has 19 heavy (non-hydrogen) atoms. The predicted octanol–water partition coefficient (Wildman–Crippen LogP) is 3.85. The van der Waals surface area contributed by atoms with Crippen LogP contribution in [0.3, 0.4) is 0 Å². The van der Waals surface area contributed by atoms with Gasteiger partial charge in [0.2, 0.25) is 0 Å². The van der Waals surface area contributed by atoms with Crippen LogP contribution in [0.5, 0.6) is 0 Å². The topological polar surface area (TPSA) is 30.0 Å². The fourth-order valence-electron chi connectivity index (χ4n) is 2.08. The number of carbonyl (C=O) groups excluding carboxylic acids is 1. The van der Waals surface area contributed by atoms with Gasteiger partial charge in [0.1, 0.15) is 5.82 Å². The Labute approximate surface area is 109 Å². The molecule has 3 rings (SSSR count). The van der Waals surface area contributed by atoms with Gasteiger partial charge in [-0.05, 0) is 30.3 Å². The quantitative estimate of drug-likeness (QED) is 0.647. The van der Waals surface area contributed by atoms with Crippen molar-refractivity contribution in [3.63, 3.8) is 0 Å². The molecule has 0 radical (unpaired) electrons. The maximum absolute atomic E-state index is 13.1. The van der Waals surface area contributed by atoms with Crippen molar-refractivity contribution in [2.75, 3.05) is 0 Å². The Kier molecular flexibility index (Phi) is 2.80. The van der Waals surface area contributed by atoms with E-state index in [4.69, 9.17) is 0 Å². The van der Waals surface area contributed by atoms with E-state index in [2.05, 4.69) is 4.98 Å². The molecule has 3 aromatic rings. The zero-order valence-corrected chi connectivity index (χ0v) is 10.0. The lowest BCUT2D eigenvalue weighted by Crippen LogP contribution is -1.92.